The van der Waals surface area contributed by atoms with Crippen molar-refractivity contribution in [3.63, 3.8) is 0 Å². The van der Waals surface area contributed by atoms with Gasteiger partial charge in [-0.2, -0.15) is 8.42 Å². The Labute approximate surface area is 143 Å². The summed E-state index contributed by atoms with van der Waals surface area (Å²) in [6.07, 6.45) is 6.11. The molecule has 1 aliphatic rings. The number of allylic oxidation sites excluding steroid dienone is 2. The average Bonchev–Trinajstić information content (AvgIpc) is 2.45. The van der Waals surface area contributed by atoms with Crippen LogP contribution < -0.4 is 0 Å². The van der Waals surface area contributed by atoms with Gasteiger partial charge in [0.1, 0.15) is 5.25 Å². The van der Waals surface area contributed by atoms with E-state index in [9.17, 15) is 17.9 Å². The van der Waals surface area contributed by atoms with Crippen LogP contribution in [-0.4, -0.2) is 41.5 Å². The fraction of sp³-hybridized carbons (Fsp3) is 0.714. The molecule has 134 valence electrons. The van der Waals surface area contributed by atoms with E-state index in [0.29, 0.717) is 6.42 Å². The Morgan fingerprint density at radius 3 is 2.52 bits per heavy atom. The van der Waals surface area contributed by atoms with Crippen LogP contribution in [0.3, 0.4) is 0 Å². The predicted molar refractivity (Wildman–Crippen MR) is 94.1 cm³/mol. The van der Waals surface area contributed by atoms with Gasteiger partial charge in [-0.1, -0.05) is 38.2 Å². The molecule has 0 bridgehead atoms. The van der Waals surface area contributed by atoms with Crippen molar-refractivity contribution < 1.29 is 26.6 Å². The van der Waals surface area contributed by atoms with E-state index in [1.54, 1.807) is 26.0 Å². The molecule has 0 aromatic heterocycles. The second kappa shape index (κ2) is 8.32. The van der Waals surface area contributed by atoms with Crippen molar-refractivity contribution in [3.8, 4) is 0 Å². The minimum Gasteiger partial charge on any atom is -0.323 e. The molecule has 0 amide bonds. The van der Waals surface area contributed by atoms with Crippen molar-refractivity contribution in [2.45, 2.75) is 50.2 Å². The molecule has 0 spiro atoms. The zero-order valence-electron chi connectivity index (χ0n) is 13.8. The zero-order chi connectivity index (χ0) is 17.7. The number of hydrogen-bond acceptors (Lipinski definition) is 6. The Balaban J connectivity index is 2.95. The van der Waals surface area contributed by atoms with Crippen molar-refractivity contribution in [3.05, 3.63) is 24.3 Å². The lowest BCUT2D eigenvalue weighted by atomic mass is 9.96. The van der Waals surface area contributed by atoms with Gasteiger partial charge in [-0.15, -0.1) is 11.8 Å². The van der Waals surface area contributed by atoms with E-state index in [1.165, 1.54) is 11.8 Å². The highest BCUT2D eigenvalue weighted by Crippen LogP contribution is 2.45. The van der Waals surface area contributed by atoms with Gasteiger partial charge in [0.05, 0.1) is 10.9 Å². The van der Waals surface area contributed by atoms with Gasteiger partial charge in [-0.25, -0.2) is 0 Å². The predicted octanol–water partition coefficient (Wildman–Crippen LogP) is 3.30. The summed E-state index contributed by atoms with van der Waals surface area (Å²) in [7, 11) is -8.18. The highest BCUT2D eigenvalue weighted by molar-refractivity contribution is 8.02. The lowest BCUT2D eigenvalue weighted by Crippen LogP contribution is -2.43. The summed E-state index contributed by atoms with van der Waals surface area (Å²) in [6.45, 7) is 7.04. The summed E-state index contributed by atoms with van der Waals surface area (Å²) in [5.74, 6) is 0.743. The van der Waals surface area contributed by atoms with Gasteiger partial charge in [-0.05, 0) is 26.0 Å². The average molecular weight is 384 g/mol. The maximum Gasteiger partial charge on any atom is 0.355 e. The molecule has 1 rings (SSSR count). The van der Waals surface area contributed by atoms with Crippen molar-refractivity contribution in [2.75, 3.05) is 12.1 Å². The molecule has 0 saturated carbocycles. The molecule has 0 aromatic rings. The van der Waals surface area contributed by atoms with E-state index in [4.69, 9.17) is 8.71 Å². The van der Waals surface area contributed by atoms with Gasteiger partial charge in [0.25, 0.3) is 10.1 Å². The largest absolute Gasteiger partial charge is 0.355 e. The Bertz CT molecular complexity index is 598. The van der Waals surface area contributed by atoms with Crippen molar-refractivity contribution in [2.24, 2.45) is 0 Å². The van der Waals surface area contributed by atoms with Crippen molar-refractivity contribution >= 4 is 29.5 Å². The topological polar surface area (TPSA) is 89.9 Å². The first-order valence-electron chi connectivity index (χ1n) is 7.47. The molecule has 6 nitrogen and oxygen atoms in total. The van der Waals surface area contributed by atoms with E-state index in [2.05, 4.69) is 0 Å². The summed E-state index contributed by atoms with van der Waals surface area (Å²) in [4.78, 5) is 9.64. The minimum absolute atomic E-state index is 0.500. The third-order valence-electron chi connectivity index (χ3n) is 3.29. The lowest BCUT2D eigenvalue weighted by Gasteiger charge is -2.36. The van der Waals surface area contributed by atoms with Crippen LogP contribution in [0.1, 0.15) is 34.1 Å². The second-order valence-electron chi connectivity index (χ2n) is 5.44. The molecule has 9 heteroatoms. The Hall–Kier alpha value is -0.110. The molecule has 3 unspecified atom stereocenters. The standard InChI is InChI=1S/C14H25O6PS2/c1-5-14(22-6-2)10-8-7-9-13(14)23(17,18)19-11-21(15,16)20-12(3)4/h7-10,12-13H,5-6,11H2,1-4H3,(H,15,16). The fourth-order valence-electron chi connectivity index (χ4n) is 2.38. The van der Waals surface area contributed by atoms with Crippen LogP contribution in [-0.2, 0) is 23.4 Å². The smallest absolute Gasteiger partial charge is 0.323 e. The van der Waals surface area contributed by atoms with Crippen LogP contribution in [0, 0.1) is 0 Å². The number of thioether (sulfide) groups is 1. The summed E-state index contributed by atoms with van der Waals surface area (Å²) in [5, 5.41) is -0.908. The maximum atomic E-state index is 12.6. The second-order valence-corrected chi connectivity index (χ2v) is 10.5. The summed E-state index contributed by atoms with van der Waals surface area (Å²) < 4.78 is 46.0. The Morgan fingerprint density at radius 1 is 1.35 bits per heavy atom. The van der Waals surface area contributed by atoms with E-state index < -0.39 is 40.2 Å². The SMILES string of the molecule is CCSC1(CC)C=CC=CC1S(=O)(=O)OCP(=O)(O)OC(C)C. The molecular formula is C14H25O6PS2. The van der Waals surface area contributed by atoms with Gasteiger partial charge in [-0.3, -0.25) is 8.75 Å². The normalized spacial score (nSPS) is 27.3. The van der Waals surface area contributed by atoms with Crippen LogP contribution in [0.15, 0.2) is 24.3 Å². The molecule has 0 aromatic carbocycles. The van der Waals surface area contributed by atoms with Crippen LogP contribution in [0.5, 0.6) is 0 Å². The van der Waals surface area contributed by atoms with Gasteiger partial charge in [0, 0.05) is 0 Å². The van der Waals surface area contributed by atoms with Gasteiger partial charge < -0.3 is 9.42 Å². The molecule has 0 radical (unpaired) electrons. The van der Waals surface area contributed by atoms with E-state index >= 15 is 0 Å². The first-order valence-corrected chi connectivity index (χ1v) is 11.7. The van der Waals surface area contributed by atoms with Crippen LogP contribution in [0.2, 0.25) is 0 Å². The summed E-state index contributed by atoms with van der Waals surface area (Å²) in [6, 6.07) is 0. The van der Waals surface area contributed by atoms with E-state index in [1.807, 2.05) is 26.0 Å². The first kappa shape index (κ1) is 20.9. The quantitative estimate of drug-likeness (QED) is 0.482. The molecular weight excluding hydrogens is 359 g/mol. The van der Waals surface area contributed by atoms with Crippen LogP contribution >= 0.6 is 19.4 Å². The molecule has 0 heterocycles. The fourth-order valence-corrected chi connectivity index (χ4v) is 7.10. The van der Waals surface area contributed by atoms with E-state index in [0.717, 1.165) is 5.75 Å². The minimum atomic E-state index is -4.11. The molecule has 1 N–H and O–H groups in total. The number of rotatable bonds is 9. The van der Waals surface area contributed by atoms with Gasteiger partial charge in [0.15, 0.2) is 6.35 Å². The molecule has 0 saturated heterocycles. The zero-order valence-corrected chi connectivity index (χ0v) is 16.4. The number of hydrogen-bond donors (Lipinski definition) is 1. The highest BCUT2D eigenvalue weighted by Gasteiger charge is 2.44. The van der Waals surface area contributed by atoms with Gasteiger partial charge in [0.2, 0.25) is 0 Å². The van der Waals surface area contributed by atoms with Crippen molar-refractivity contribution in [1.82, 2.24) is 0 Å². The third-order valence-corrected chi connectivity index (χ3v) is 7.97. The lowest BCUT2D eigenvalue weighted by molar-refractivity contribution is 0.187. The van der Waals surface area contributed by atoms with E-state index in [-0.39, 0.29) is 0 Å². The summed E-state index contributed by atoms with van der Waals surface area (Å²) in [5.41, 5.74) is 0. The van der Waals surface area contributed by atoms with Gasteiger partial charge >= 0.3 is 7.60 Å². The molecule has 3 atom stereocenters. The Kier molecular flexibility index (Phi) is 7.57. The van der Waals surface area contributed by atoms with Crippen LogP contribution in [0.4, 0.5) is 0 Å². The van der Waals surface area contributed by atoms with Crippen molar-refractivity contribution in [1.29, 1.82) is 0 Å². The molecule has 0 aliphatic heterocycles. The summed E-state index contributed by atoms with van der Waals surface area (Å²) >= 11 is 1.52. The highest BCUT2D eigenvalue weighted by atomic mass is 32.2. The molecule has 23 heavy (non-hydrogen) atoms. The first-order chi connectivity index (χ1) is 10.6. The Morgan fingerprint density at radius 2 is 2.00 bits per heavy atom. The maximum absolute atomic E-state index is 12.6. The third kappa shape index (κ3) is 5.73. The monoisotopic (exact) mass is 384 g/mol. The molecule has 0 fully saturated rings. The van der Waals surface area contributed by atoms with Crippen LogP contribution in [0.25, 0.3) is 0 Å². The molecule has 1 aliphatic carbocycles.